The Morgan fingerprint density at radius 1 is 1.38 bits per heavy atom. The molecule has 1 heterocycles. The first-order valence-electron chi connectivity index (χ1n) is 5.86. The second-order valence-electron chi connectivity index (χ2n) is 5.69. The highest BCUT2D eigenvalue weighted by Gasteiger charge is 2.19. The molecule has 0 saturated carbocycles. The fraction of sp³-hybridized carbons (Fsp3) is 0.692. The molecule has 1 aromatic rings. The van der Waals surface area contributed by atoms with E-state index in [0.29, 0.717) is 5.41 Å². The number of nitrogens with one attached hydrogen (secondary N) is 1. The first-order valence-corrected chi connectivity index (χ1v) is 5.86. The van der Waals surface area contributed by atoms with Gasteiger partial charge in [-0.15, -0.1) is 0 Å². The molecule has 1 unspecified atom stereocenters. The average Bonchev–Trinajstić information content (AvgIpc) is 2.45. The minimum Gasteiger partial charge on any atom is -0.466 e. The Hall–Kier alpha value is -0.800. The van der Waals surface area contributed by atoms with Gasteiger partial charge in [0.25, 0.3) is 0 Å². The highest BCUT2D eigenvalue weighted by molar-refractivity contribution is 5.23. The van der Waals surface area contributed by atoms with Gasteiger partial charge in [-0.3, -0.25) is 11.3 Å². The maximum Gasteiger partial charge on any atom is 0.105 e. The number of hydrogen-bond acceptors (Lipinski definition) is 3. The summed E-state index contributed by atoms with van der Waals surface area (Å²) in [5.41, 5.74) is 4.40. The van der Waals surface area contributed by atoms with Gasteiger partial charge in [-0.1, -0.05) is 20.8 Å². The van der Waals surface area contributed by atoms with Crippen molar-refractivity contribution >= 4 is 0 Å². The minimum atomic E-state index is 0.191. The zero-order chi connectivity index (χ0) is 12.3. The number of rotatable bonds is 4. The van der Waals surface area contributed by atoms with E-state index in [0.717, 1.165) is 24.4 Å². The van der Waals surface area contributed by atoms with Crippen molar-refractivity contribution in [3.63, 3.8) is 0 Å². The fourth-order valence-electron chi connectivity index (χ4n) is 1.90. The molecule has 16 heavy (non-hydrogen) atoms. The summed E-state index contributed by atoms with van der Waals surface area (Å²) in [7, 11) is 0. The van der Waals surface area contributed by atoms with Gasteiger partial charge in [0.15, 0.2) is 0 Å². The molecule has 0 radical (unpaired) electrons. The lowest BCUT2D eigenvalue weighted by atomic mass is 9.87. The van der Waals surface area contributed by atoms with Gasteiger partial charge in [-0.2, -0.15) is 0 Å². The zero-order valence-electron chi connectivity index (χ0n) is 11.1. The van der Waals surface area contributed by atoms with Crippen LogP contribution in [-0.2, 0) is 0 Å². The zero-order valence-corrected chi connectivity index (χ0v) is 11.1. The van der Waals surface area contributed by atoms with Crippen LogP contribution in [0.25, 0.3) is 0 Å². The monoisotopic (exact) mass is 224 g/mol. The summed E-state index contributed by atoms with van der Waals surface area (Å²) in [5.74, 6) is 7.54. The number of furan rings is 1. The summed E-state index contributed by atoms with van der Waals surface area (Å²) in [6.45, 7) is 10.7. The molecule has 92 valence electrons. The van der Waals surface area contributed by atoms with Gasteiger partial charge < -0.3 is 4.42 Å². The van der Waals surface area contributed by atoms with Crippen LogP contribution < -0.4 is 11.3 Å². The van der Waals surface area contributed by atoms with Gasteiger partial charge in [0.1, 0.15) is 11.5 Å². The standard InChI is InChI=1S/C13H24N2O/c1-9-8-11(10(2)16-9)12(15-14)6-7-13(3,4)5/h8,12,15H,6-7,14H2,1-5H3. The smallest absolute Gasteiger partial charge is 0.105 e. The first kappa shape index (κ1) is 13.3. The molecule has 3 heteroatoms. The number of hydrogen-bond donors (Lipinski definition) is 2. The molecule has 1 aromatic heterocycles. The Morgan fingerprint density at radius 2 is 2.00 bits per heavy atom. The highest BCUT2D eigenvalue weighted by atomic mass is 16.3. The second-order valence-corrected chi connectivity index (χ2v) is 5.69. The summed E-state index contributed by atoms with van der Waals surface area (Å²) in [4.78, 5) is 0. The minimum absolute atomic E-state index is 0.191. The van der Waals surface area contributed by atoms with E-state index in [2.05, 4.69) is 32.3 Å². The Labute approximate surface area is 98.4 Å². The topological polar surface area (TPSA) is 51.2 Å². The van der Waals surface area contributed by atoms with E-state index in [4.69, 9.17) is 10.3 Å². The lowest BCUT2D eigenvalue weighted by Gasteiger charge is -2.22. The molecule has 0 aliphatic rings. The van der Waals surface area contributed by atoms with Crippen molar-refractivity contribution in [3.05, 3.63) is 23.2 Å². The third-order valence-electron chi connectivity index (χ3n) is 2.84. The van der Waals surface area contributed by atoms with E-state index in [1.165, 1.54) is 5.56 Å². The number of aryl methyl sites for hydroxylation is 2. The molecule has 0 amide bonds. The van der Waals surface area contributed by atoms with E-state index < -0.39 is 0 Å². The summed E-state index contributed by atoms with van der Waals surface area (Å²) < 4.78 is 5.53. The van der Waals surface area contributed by atoms with Crippen molar-refractivity contribution in [2.45, 2.75) is 53.5 Å². The molecule has 3 N–H and O–H groups in total. The van der Waals surface area contributed by atoms with Crippen molar-refractivity contribution in [1.82, 2.24) is 5.43 Å². The highest BCUT2D eigenvalue weighted by Crippen LogP contribution is 2.29. The molecule has 0 fully saturated rings. The molecule has 0 aliphatic heterocycles. The van der Waals surface area contributed by atoms with Crippen LogP contribution >= 0.6 is 0 Å². The third kappa shape index (κ3) is 3.65. The van der Waals surface area contributed by atoms with Gasteiger partial charge in [-0.25, -0.2) is 0 Å². The molecule has 0 aliphatic carbocycles. The van der Waals surface area contributed by atoms with Crippen LogP contribution in [0.3, 0.4) is 0 Å². The predicted molar refractivity (Wildman–Crippen MR) is 66.9 cm³/mol. The van der Waals surface area contributed by atoms with E-state index >= 15 is 0 Å². The summed E-state index contributed by atoms with van der Waals surface area (Å²) in [6.07, 6.45) is 2.16. The fourth-order valence-corrected chi connectivity index (χ4v) is 1.90. The molecule has 0 saturated heterocycles. The summed E-state index contributed by atoms with van der Waals surface area (Å²) >= 11 is 0. The molecule has 0 spiro atoms. The van der Waals surface area contributed by atoms with Crippen LogP contribution in [0.5, 0.6) is 0 Å². The van der Waals surface area contributed by atoms with Gasteiger partial charge in [0.05, 0.1) is 0 Å². The Balaban J connectivity index is 2.71. The number of hydrazine groups is 1. The average molecular weight is 224 g/mol. The van der Waals surface area contributed by atoms with Gasteiger partial charge in [-0.05, 0) is 38.2 Å². The van der Waals surface area contributed by atoms with E-state index in [1.54, 1.807) is 0 Å². The summed E-state index contributed by atoms with van der Waals surface area (Å²) in [6, 6.07) is 2.26. The van der Waals surface area contributed by atoms with Gasteiger partial charge >= 0.3 is 0 Å². The van der Waals surface area contributed by atoms with Crippen molar-refractivity contribution in [3.8, 4) is 0 Å². The lowest BCUT2D eigenvalue weighted by molar-refractivity contribution is 0.332. The lowest BCUT2D eigenvalue weighted by Crippen LogP contribution is -2.29. The maximum atomic E-state index is 5.62. The van der Waals surface area contributed by atoms with Crippen molar-refractivity contribution in [2.75, 3.05) is 0 Å². The van der Waals surface area contributed by atoms with Crippen LogP contribution in [-0.4, -0.2) is 0 Å². The van der Waals surface area contributed by atoms with Crippen LogP contribution in [0.15, 0.2) is 10.5 Å². The van der Waals surface area contributed by atoms with Crippen molar-refractivity contribution in [1.29, 1.82) is 0 Å². The van der Waals surface area contributed by atoms with E-state index in [1.807, 2.05) is 13.8 Å². The predicted octanol–water partition coefficient (Wildman–Crippen LogP) is 3.23. The quantitative estimate of drug-likeness (QED) is 0.610. The Kier molecular flexibility index (Phi) is 4.16. The Morgan fingerprint density at radius 3 is 2.38 bits per heavy atom. The third-order valence-corrected chi connectivity index (χ3v) is 2.84. The molecular weight excluding hydrogens is 200 g/mol. The van der Waals surface area contributed by atoms with Crippen LogP contribution in [0, 0.1) is 19.3 Å². The van der Waals surface area contributed by atoms with Crippen LogP contribution in [0.1, 0.15) is 56.7 Å². The maximum absolute atomic E-state index is 5.62. The molecule has 3 nitrogen and oxygen atoms in total. The van der Waals surface area contributed by atoms with Crippen LogP contribution in [0.4, 0.5) is 0 Å². The summed E-state index contributed by atoms with van der Waals surface area (Å²) in [5, 5.41) is 0. The molecule has 1 atom stereocenters. The largest absolute Gasteiger partial charge is 0.466 e. The van der Waals surface area contributed by atoms with Crippen molar-refractivity contribution < 1.29 is 4.42 Å². The number of nitrogens with two attached hydrogens (primary N) is 1. The first-order chi connectivity index (χ1) is 7.33. The molecule has 0 bridgehead atoms. The van der Waals surface area contributed by atoms with E-state index in [9.17, 15) is 0 Å². The Bertz CT molecular complexity index is 336. The van der Waals surface area contributed by atoms with Crippen LogP contribution in [0.2, 0.25) is 0 Å². The van der Waals surface area contributed by atoms with E-state index in [-0.39, 0.29) is 6.04 Å². The van der Waals surface area contributed by atoms with Crippen molar-refractivity contribution in [2.24, 2.45) is 11.3 Å². The van der Waals surface area contributed by atoms with Gasteiger partial charge in [0.2, 0.25) is 0 Å². The molecule has 1 rings (SSSR count). The molecule has 0 aromatic carbocycles. The molecular formula is C13H24N2O. The SMILES string of the molecule is Cc1cc(C(CCC(C)(C)C)NN)c(C)o1. The second kappa shape index (κ2) is 5.02. The normalized spacial score (nSPS) is 14.1. The van der Waals surface area contributed by atoms with Gasteiger partial charge in [0, 0.05) is 11.6 Å².